The molecule has 2 aromatic carbocycles. The second kappa shape index (κ2) is 11.0. The summed E-state index contributed by atoms with van der Waals surface area (Å²) in [5, 5.41) is 7.74. The van der Waals surface area contributed by atoms with Gasteiger partial charge in [-0.3, -0.25) is 0 Å². The number of hydrogen-bond donors (Lipinski definition) is 0. The van der Waals surface area contributed by atoms with Crippen LogP contribution in [-0.4, -0.2) is 78.8 Å². The number of rotatable bonds is 9. The largest absolute Gasteiger partial charge is 0.465 e. The van der Waals surface area contributed by atoms with Gasteiger partial charge in [0.2, 0.25) is 0 Å². The van der Waals surface area contributed by atoms with Gasteiger partial charge in [-0.15, -0.1) is 0 Å². The molecule has 33 heavy (non-hydrogen) atoms. The van der Waals surface area contributed by atoms with Crippen molar-refractivity contribution in [1.82, 2.24) is 0 Å². The molecule has 0 spiro atoms. The fraction of sp³-hybridized carbons (Fsp3) is 0.429. The fourth-order valence-electron chi connectivity index (χ4n) is 6.05. The van der Waals surface area contributed by atoms with Gasteiger partial charge >= 0.3 is 0 Å². The second-order valence-electron chi connectivity index (χ2n) is 9.91. The summed E-state index contributed by atoms with van der Waals surface area (Å²) in [4.78, 5) is 0. The van der Waals surface area contributed by atoms with Crippen LogP contribution in [0.15, 0.2) is 5.20 Å². The van der Waals surface area contributed by atoms with Gasteiger partial charge < -0.3 is 16.5 Å². The maximum atomic E-state index is 6.77. The molecule has 0 fully saturated rings. The van der Waals surface area contributed by atoms with Crippen molar-refractivity contribution in [3.8, 4) is 0 Å². The molecule has 2 aromatic rings. The van der Waals surface area contributed by atoms with E-state index in [-0.39, 0.29) is 0 Å². The maximum absolute atomic E-state index is 6.77. The van der Waals surface area contributed by atoms with Crippen LogP contribution in [0.1, 0.15) is 44.5 Å². The Bertz CT molecular complexity index is 1120. The Morgan fingerprint density at radius 2 is 1.30 bits per heavy atom. The van der Waals surface area contributed by atoms with Gasteiger partial charge in [0.05, 0.1) is 0 Å². The number of aryl methyl sites for hydroxylation is 2. The zero-order valence-electron chi connectivity index (χ0n) is 22.5. The average molecular weight is 583 g/mol. The van der Waals surface area contributed by atoms with Crippen molar-refractivity contribution in [3.63, 3.8) is 0 Å². The lowest BCUT2D eigenvalue weighted by molar-refractivity contribution is 0.576. The highest BCUT2D eigenvalue weighted by atomic mass is 28.4. The van der Waals surface area contributed by atoms with Crippen LogP contribution in [0.4, 0.5) is 0 Å². The van der Waals surface area contributed by atoms with E-state index in [1.807, 2.05) is 0 Å². The Morgan fingerprint density at radius 1 is 0.727 bits per heavy atom. The summed E-state index contributed by atoms with van der Waals surface area (Å²) in [6, 6.07) is 0. The van der Waals surface area contributed by atoms with E-state index in [0.29, 0.717) is 5.54 Å². The van der Waals surface area contributed by atoms with Crippen molar-refractivity contribution in [2.75, 3.05) is 0 Å². The van der Waals surface area contributed by atoms with E-state index in [2.05, 4.69) is 54.3 Å². The van der Waals surface area contributed by atoms with Gasteiger partial charge in [-0.25, -0.2) is 0 Å². The van der Waals surface area contributed by atoms with Gasteiger partial charge in [-0.05, 0) is 108 Å². The third kappa shape index (κ3) is 4.62. The second-order valence-corrected chi connectivity index (χ2v) is 25.4. The first-order valence-corrected chi connectivity index (χ1v) is 23.2. The number of benzene rings is 2. The smallest absolute Gasteiger partial charge is 0.184 e. The fourth-order valence-corrected chi connectivity index (χ4v) is 20.8. The molecule has 0 aliphatic heterocycles. The molecule has 0 saturated carbocycles. The molecule has 4 nitrogen and oxygen atoms in total. The van der Waals surface area contributed by atoms with Gasteiger partial charge in [0.15, 0.2) is 37.6 Å². The molecule has 0 bridgehead atoms. The molecule has 0 radical (unpaired) electrons. The molecule has 1 aliphatic rings. The van der Waals surface area contributed by atoms with E-state index < -0.39 is 47.4 Å². The van der Waals surface area contributed by atoms with Gasteiger partial charge in [0.1, 0.15) is 41.2 Å². The number of allylic oxidation sites excluding steroid dienone is 1. The quantitative estimate of drug-likeness (QED) is 0.315. The molecule has 0 saturated heterocycles. The molecule has 3 rings (SSSR count). The van der Waals surface area contributed by atoms with E-state index >= 15 is 0 Å². The lowest BCUT2D eigenvalue weighted by Crippen LogP contribution is -2.45. The summed E-state index contributed by atoms with van der Waals surface area (Å²) < 4.78 is 25.2. The zero-order valence-corrected chi connectivity index (χ0v) is 35.2. The van der Waals surface area contributed by atoms with Crippen LogP contribution >= 0.6 is 0 Å². The van der Waals surface area contributed by atoms with Crippen LogP contribution in [0.25, 0.3) is 16.0 Å². The Labute approximate surface area is 219 Å². The Hall–Kier alpha value is 0.0151. The van der Waals surface area contributed by atoms with Crippen LogP contribution in [0.2, 0.25) is 19.6 Å². The van der Waals surface area contributed by atoms with Crippen molar-refractivity contribution < 1.29 is 16.5 Å². The van der Waals surface area contributed by atoms with Crippen LogP contribution in [-0.2, 0) is 16.5 Å². The van der Waals surface area contributed by atoms with Crippen molar-refractivity contribution in [2.45, 2.75) is 59.8 Å². The number of hydrogen-bond acceptors (Lipinski definition) is 4. The van der Waals surface area contributed by atoms with Crippen molar-refractivity contribution >= 4 is 100.0 Å². The first-order chi connectivity index (χ1) is 15.6. The normalized spacial score (nSPS) is 18.0. The molecule has 182 valence electrons. The topological polar surface area (TPSA) is 36.9 Å². The van der Waals surface area contributed by atoms with Crippen molar-refractivity contribution in [2.24, 2.45) is 0 Å². The van der Waals surface area contributed by atoms with Crippen molar-refractivity contribution in [1.29, 1.82) is 0 Å². The summed E-state index contributed by atoms with van der Waals surface area (Å²) >= 11 is 0. The third-order valence-electron chi connectivity index (χ3n) is 7.78. The minimum Gasteiger partial charge on any atom is -0.465 e. The average Bonchev–Trinajstić information content (AvgIpc) is 2.76. The molecular weight excluding hydrogens is 541 g/mol. The minimum absolute atomic E-state index is 0.396. The summed E-state index contributed by atoms with van der Waals surface area (Å²) in [6.45, 7) is 18.9. The zero-order chi connectivity index (χ0) is 24.7. The maximum Gasteiger partial charge on any atom is 0.184 e. The highest BCUT2D eigenvalue weighted by molar-refractivity contribution is 6.80. The summed E-state index contributed by atoms with van der Waals surface area (Å²) in [7, 11) is -2.48. The Balaban J connectivity index is 2.68. The molecule has 12 heteroatoms. The first-order valence-electron chi connectivity index (χ1n) is 12.0. The van der Waals surface area contributed by atoms with Gasteiger partial charge in [-0.1, -0.05) is 11.7 Å². The van der Waals surface area contributed by atoms with E-state index in [4.69, 9.17) is 16.5 Å². The van der Waals surface area contributed by atoms with E-state index in [1.165, 1.54) is 49.3 Å². The predicted molar refractivity (Wildman–Crippen MR) is 169 cm³/mol. The van der Waals surface area contributed by atoms with Crippen LogP contribution in [0.3, 0.4) is 0 Å². The Morgan fingerprint density at radius 3 is 1.85 bits per heavy atom. The monoisotopic (exact) mass is 582 g/mol. The highest BCUT2D eigenvalue weighted by Crippen LogP contribution is 2.50. The molecule has 0 amide bonds. The summed E-state index contributed by atoms with van der Waals surface area (Å²) in [5.74, 6) is 0. The van der Waals surface area contributed by atoms with Crippen LogP contribution in [0, 0.1) is 34.6 Å². The molecule has 0 N–H and O–H groups in total. The highest BCUT2D eigenvalue weighted by Gasteiger charge is 2.44. The molecule has 1 unspecified atom stereocenters. The molecule has 1 aliphatic carbocycles. The summed E-state index contributed by atoms with van der Waals surface area (Å²) in [5.41, 5.74) is 10.8. The summed E-state index contributed by atoms with van der Waals surface area (Å²) in [6.07, 6.45) is 0. The Kier molecular flexibility index (Phi) is 9.16. The SMILES string of the molecule is C[SiH2]O[Si](C)(C)C1C([SiH2]O[SiH3])=C([SiH2]O[SiH3])c2c([SiH2]O[SiH3])c(C)c(C)c3c(C)c(C)c(C)c1c23. The first kappa shape index (κ1) is 27.6. The van der Waals surface area contributed by atoms with E-state index in [9.17, 15) is 0 Å². The third-order valence-corrected chi connectivity index (χ3v) is 21.7. The van der Waals surface area contributed by atoms with E-state index in [0.717, 1.165) is 31.5 Å². The molecule has 0 aromatic heterocycles. The molecular formula is C21H42O4Si8. The lowest BCUT2D eigenvalue weighted by Gasteiger charge is -2.42. The van der Waals surface area contributed by atoms with Gasteiger partial charge in [0.25, 0.3) is 0 Å². The molecule has 0 heterocycles. The minimum atomic E-state index is -2.02. The van der Waals surface area contributed by atoms with Crippen molar-refractivity contribution in [3.05, 3.63) is 44.1 Å². The van der Waals surface area contributed by atoms with Crippen LogP contribution < -0.4 is 5.19 Å². The van der Waals surface area contributed by atoms with Gasteiger partial charge in [-0.2, -0.15) is 0 Å². The standard InChI is InChI=1S/C21H42O4Si8/c1-9-10(2)14-12(4)13(5)18(30-22-26)17-16(14)15(11(9)3)21(33(7,8)25-29-6)20(32-24-28)19(17)31-23-27/h21H,29-32H2,1-8,26-28H3. The lowest BCUT2D eigenvalue weighted by atomic mass is 9.81. The molecule has 1 atom stereocenters. The van der Waals surface area contributed by atoms with E-state index in [1.54, 1.807) is 16.0 Å². The van der Waals surface area contributed by atoms with Crippen LogP contribution in [0.5, 0.6) is 0 Å². The predicted octanol–water partition coefficient (Wildman–Crippen LogP) is -2.19. The van der Waals surface area contributed by atoms with Gasteiger partial charge in [0, 0.05) is 5.54 Å².